The smallest absolute Gasteiger partial charge is 0.145 e. The van der Waals surface area contributed by atoms with Gasteiger partial charge in [0.25, 0.3) is 0 Å². The fourth-order valence-electron chi connectivity index (χ4n) is 1.88. The molecular weight excluding hydrogens is 205 g/mol. The van der Waals surface area contributed by atoms with E-state index in [1.54, 1.807) is 7.11 Å². The molecule has 0 saturated carbocycles. The van der Waals surface area contributed by atoms with E-state index in [4.69, 9.17) is 4.74 Å². The number of pyridine rings is 1. The first kappa shape index (κ1) is 10.9. The molecular formula is C13H14FNO. The molecule has 0 atom stereocenters. The van der Waals surface area contributed by atoms with Gasteiger partial charge in [-0.1, -0.05) is 13.8 Å². The number of ether oxygens (including phenoxy) is 1. The monoisotopic (exact) mass is 219 g/mol. The summed E-state index contributed by atoms with van der Waals surface area (Å²) in [7, 11) is 1.60. The van der Waals surface area contributed by atoms with Crippen molar-refractivity contribution in [1.82, 2.24) is 4.98 Å². The summed E-state index contributed by atoms with van der Waals surface area (Å²) in [6, 6.07) is 5.51. The van der Waals surface area contributed by atoms with Gasteiger partial charge in [-0.25, -0.2) is 4.39 Å². The number of benzene rings is 1. The second-order valence-electron chi connectivity index (χ2n) is 4.06. The van der Waals surface area contributed by atoms with Crippen molar-refractivity contribution in [3.8, 4) is 5.75 Å². The lowest BCUT2D eigenvalue weighted by molar-refractivity contribution is 0.415. The van der Waals surface area contributed by atoms with Crippen LogP contribution in [0.15, 0.2) is 24.4 Å². The fourth-order valence-corrected chi connectivity index (χ4v) is 1.88. The highest BCUT2D eigenvalue weighted by atomic mass is 19.1. The zero-order valence-electron chi connectivity index (χ0n) is 9.62. The quantitative estimate of drug-likeness (QED) is 0.771. The normalized spacial score (nSPS) is 11.1. The predicted molar refractivity (Wildman–Crippen MR) is 62.3 cm³/mol. The van der Waals surface area contributed by atoms with Crippen molar-refractivity contribution in [2.24, 2.45) is 0 Å². The molecule has 16 heavy (non-hydrogen) atoms. The van der Waals surface area contributed by atoms with Crippen LogP contribution in [0.3, 0.4) is 0 Å². The number of methoxy groups -OCH3 is 1. The van der Waals surface area contributed by atoms with Gasteiger partial charge in [0, 0.05) is 10.9 Å². The number of fused-ring (bicyclic) bond motifs is 1. The van der Waals surface area contributed by atoms with E-state index in [1.807, 2.05) is 32.0 Å². The molecule has 0 bridgehead atoms. The molecule has 1 aromatic carbocycles. The Kier molecular flexibility index (Phi) is 2.77. The third-order valence-electron chi connectivity index (χ3n) is 2.65. The Hall–Kier alpha value is -1.64. The van der Waals surface area contributed by atoms with E-state index in [9.17, 15) is 4.39 Å². The van der Waals surface area contributed by atoms with Gasteiger partial charge in [-0.2, -0.15) is 0 Å². The molecule has 0 fully saturated rings. The van der Waals surface area contributed by atoms with Crippen molar-refractivity contribution >= 4 is 10.9 Å². The zero-order valence-corrected chi connectivity index (χ0v) is 9.62. The standard InChI is InChI=1S/C13H14FNO/c1-8(2)13-10-6-9(16-3)4-5-12(10)15-7-11(13)14/h4-8H,1-3H3. The summed E-state index contributed by atoms with van der Waals surface area (Å²) in [5.74, 6) is 0.593. The van der Waals surface area contributed by atoms with Gasteiger partial charge in [0.2, 0.25) is 0 Å². The first-order valence-corrected chi connectivity index (χ1v) is 5.25. The van der Waals surface area contributed by atoms with Crippen LogP contribution in [-0.4, -0.2) is 12.1 Å². The summed E-state index contributed by atoms with van der Waals surface area (Å²) in [5, 5.41) is 0.828. The lowest BCUT2D eigenvalue weighted by atomic mass is 9.98. The molecule has 0 radical (unpaired) electrons. The molecule has 2 aromatic rings. The molecule has 0 aliphatic heterocycles. The first-order valence-electron chi connectivity index (χ1n) is 5.25. The van der Waals surface area contributed by atoms with Gasteiger partial charge in [0.05, 0.1) is 18.8 Å². The van der Waals surface area contributed by atoms with Crippen LogP contribution in [-0.2, 0) is 0 Å². The second kappa shape index (κ2) is 4.08. The van der Waals surface area contributed by atoms with Crippen molar-refractivity contribution in [1.29, 1.82) is 0 Å². The lowest BCUT2D eigenvalue weighted by Crippen LogP contribution is -1.97. The van der Waals surface area contributed by atoms with Crippen LogP contribution in [0, 0.1) is 5.82 Å². The Morgan fingerprint density at radius 3 is 2.69 bits per heavy atom. The average molecular weight is 219 g/mol. The molecule has 2 rings (SSSR count). The van der Waals surface area contributed by atoms with Crippen molar-refractivity contribution in [3.63, 3.8) is 0 Å². The van der Waals surface area contributed by atoms with Crippen LogP contribution >= 0.6 is 0 Å². The predicted octanol–water partition coefficient (Wildman–Crippen LogP) is 3.51. The van der Waals surface area contributed by atoms with Crippen LogP contribution in [0.25, 0.3) is 10.9 Å². The molecule has 0 unspecified atom stereocenters. The van der Waals surface area contributed by atoms with Gasteiger partial charge in [-0.3, -0.25) is 4.98 Å². The van der Waals surface area contributed by atoms with E-state index in [2.05, 4.69) is 4.98 Å². The van der Waals surface area contributed by atoms with E-state index in [-0.39, 0.29) is 11.7 Å². The summed E-state index contributed by atoms with van der Waals surface area (Å²) in [5.41, 5.74) is 1.50. The molecule has 84 valence electrons. The molecule has 2 nitrogen and oxygen atoms in total. The highest BCUT2D eigenvalue weighted by Gasteiger charge is 2.12. The van der Waals surface area contributed by atoms with Gasteiger partial charge in [-0.05, 0) is 24.1 Å². The maximum Gasteiger partial charge on any atom is 0.145 e. The number of hydrogen-bond acceptors (Lipinski definition) is 2. The summed E-state index contributed by atoms with van der Waals surface area (Å²) >= 11 is 0. The molecule has 1 aromatic heterocycles. The molecule has 1 heterocycles. The van der Waals surface area contributed by atoms with Crippen LogP contribution in [0.2, 0.25) is 0 Å². The average Bonchev–Trinajstić information content (AvgIpc) is 2.27. The minimum absolute atomic E-state index is 0.123. The minimum atomic E-state index is -0.254. The Morgan fingerprint density at radius 1 is 1.31 bits per heavy atom. The lowest BCUT2D eigenvalue weighted by Gasteiger charge is -2.11. The molecule has 3 heteroatoms. The Balaban J connectivity index is 2.78. The van der Waals surface area contributed by atoms with Crippen LogP contribution in [0.4, 0.5) is 4.39 Å². The topological polar surface area (TPSA) is 22.1 Å². The second-order valence-corrected chi connectivity index (χ2v) is 4.06. The number of halogens is 1. The summed E-state index contributed by atoms with van der Waals surface area (Å²) in [6.45, 7) is 3.94. The third kappa shape index (κ3) is 1.73. The largest absolute Gasteiger partial charge is 0.497 e. The van der Waals surface area contributed by atoms with Crippen LogP contribution in [0.5, 0.6) is 5.75 Å². The number of nitrogens with zero attached hydrogens (tertiary/aromatic N) is 1. The van der Waals surface area contributed by atoms with Gasteiger partial charge < -0.3 is 4.74 Å². The van der Waals surface area contributed by atoms with E-state index in [0.717, 1.165) is 16.7 Å². The highest BCUT2D eigenvalue weighted by molar-refractivity contribution is 5.84. The maximum atomic E-state index is 13.7. The molecule has 0 aliphatic rings. The van der Waals surface area contributed by atoms with E-state index >= 15 is 0 Å². The molecule has 0 aliphatic carbocycles. The van der Waals surface area contributed by atoms with Crippen molar-refractivity contribution in [2.75, 3.05) is 7.11 Å². The van der Waals surface area contributed by atoms with Crippen molar-refractivity contribution in [3.05, 3.63) is 35.8 Å². The molecule has 0 N–H and O–H groups in total. The first-order chi connectivity index (χ1) is 7.63. The number of aromatic nitrogens is 1. The minimum Gasteiger partial charge on any atom is -0.497 e. The van der Waals surface area contributed by atoms with E-state index in [1.165, 1.54) is 6.20 Å². The Morgan fingerprint density at radius 2 is 2.06 bits per heavy atom. The summed E-state index contributed by atoms with van der Waals surface area (Å²) in [6.07, 6.45) is 1.28. The van der Waals surface area contributed by atoms with E-state index in [0.29, 0.717) is 5.56 Å². The summed E-state index contributed by atoms with van der Waals surface area (Å²) < 4.78 is 18.8. The van der Waals surface area contributed by atoms with Gasteiger partial charge in [0.15, 0.2) is 0 Å². The van der Waals surface area contributed by atoms with Gasteiger partial charge in [-0.15, -0.1) is 0 Å². The van der Waals surface area contributed by atoms with Crippen LogP contribution < -0.4 is 4.74 Å². The van der Waals surface area contributed by atoms with Gasteiger partial charge in [0.1, 0.15) is 11.6 Å². The molecule has 0 spiro atoms. The maximum absolute atomic E-state index is 13.7. The Labute approximate surface area is 94.1 Å². The van der Waals surface area contributed by atoms with Crippen molar-refractivity contribution < 1.29 is 9.13 Å². The number of hydrogen-bond donors (Lipinski definition) is 0. The highest BCUT2D eigenvalue weighted by Crippen LogP contribution is 2.29. The van der Waals surface area contributed by atoms with Crippen LogP contribution in [0.1, 0.15) is 25.3 Å². The fraction of sp³-hybridized carbons (Fsp3) is 0.308. The third-order valence-corrected chi connectivity index (χ3v) is 2.65. The van der Waals surface area contributed by atoms with Gasteiger partial charge >= 0.3 is 0 Å². The zero-order chi connectivity index (χ0) is 11.7. The summed E-state index contributed by atoms with van der Waals surface area (Å²) in [4.78, 5) is 4.07. The Bertz CT molecular complexity index is 523. The van der Waals surface area contributed by atoms with E-state index < -0.39 is 0 Å². The van der Waals surface area contributed by atoms with Crippen molar-refractivity contribution in [2.45, 2.75) is 19.8 Å². The molecule has 0 amide bonds. The number of rotatable bonds is 2. The molecule has 0 saturated heterocycles. The SMILES string of the molecule is COc1ccc2ncc(F)c(C(C)C)c2c1.